The molecule has 0 radical (unpaired) electrons. The van der Waals surface area contributed by atoms with Crippen LogP contribution in [0.1, 0.15) is 25.8 Å². The molecular formula is C13H18N2O4. The van der Waals surface area contributed by atoms with E-state index < -0.39 is 10.9 Å². The first-order chi connectivity index (χ1) is 8.95. The minimum Gasteiger partial charge on any atom is -0.480 e. The first kappa shape index (κ1) is 15.1. The maximum Gasteiger partial charge on any atom is 0.317 e. The fourth-order valence-electron chi connectivity index (χ4n) is 1.84. The van der Waals surface area contributed by atoms with Gasteiger partial charge in [-0.15, -0.1) is 0 Å². The van der Waals surface area contributed by atoms with E-state index in [1.54, 1.807) is 23.1 Å². The molecule has 1 atom stereocenters. The number of carboxylic acids is 1. The van der Waals surface area contributed by atoms with Gasteiger partial charge in [0.15, 0.2) is 0 Å². The summed E-state index contributed by atoms with van der Waals surface area (Å²) in [4.78, 5) is 23.1. The maximum absolute atomic E-state index is 10.9. The largest absolute Gasteiger partial charge is 0.480 e. The van der Waals surface area contributed by atoms with Crippen LogP contribution < -0.4 is 0 Å². The molecule has 0 aromatic heterocycles. The third-order valence-electron chi connectivity index (χ3n) is 3.11. The summed E-state index contributed by atoms with van der Waals surface area (Å²) in [7, 11) is 0. The summed E-state index contributed by atoms with van der Waals surface area (Å²) >= 11 is 0. The monoisotopic (exact) mass is 266 g/mol. The zero-order chi connectivity index (χ0) is 14.4. The van der Waals surface area contributed by atoms with Crippen LogP contribution >= 0.6 is 0 Å². The summed E-state index contributed by atoms with van der Waals surface area (Å²) in [5, 5.41) is 19.8. The zero-order valence-electron chi connectivity index (χ0n) is 11.1. The molecule has 1 aromatic carbocycles. The Morgan fingerprint density at radius 2 is 2.11 bits per heavy atom. The Morgan fingerprint density at radius 3 is 2.63 bits per heavy atom. The summed E-state index contributed by atoms with van der Waals surface area (Å²) < 4.78 is 0. The highest BCUT2D eigenvalue weighted by Crippen LogP contribution is 2.20. The lowest BCUT2D eigenvalue weighted by Crippen LogP contribution is -2.36. The van der Waals surface area contributed by atoms with Crippen LogP contribution in [0.25, 0.3) is 0 Å². The van der Waals surface area contributed by atoms with E-state index in [2.05, 4.69) is 0 Å². The van der Waals surface area contributed by atoms with Crippen molar-refractivity contribution in [1.82, 2.24) is 4.90 Å². The molecule has 1 aromatic rings. The van der Waals surface area contributed by atoms with Gasteiger partial charge in [0.25, 0.3) is 5.69 Å². The smallest absolute Gasteiger partial charge is 0.317 e. The van der Waals surface area contributed by atoms with Crippen LogP contribution in [0.2, 0.25) is 0 Å². The second-order valence-corrected chi connectivity index (χ2v) is 4.44. The number of carboxylic acid groups (broad SMARTS) is 1. The number of nitro groups is 1. The first-order valence-corrected chi connectivity index (χ1v) is 6.13. The fourth-order valence-corrected chi connectivity index (χ4v) is 1.84. The van der Waals surface area contributed by atoms with Gasteiger partial charge in [-0.1, -0.05) is 25.1 Å². The average Bonchev–Trinajstić information content (AvgIpc) is 2.36. The van der Waals surface area contributed by atoms with E-state index in [0.717, 1.165) is 6.42 Å². The Morgan fingerprint density at radius 1 is 1.47 bits per heavy atom. The SMILES string of the molecule is CCC(C)N(CC(=O)O)Cc1ccccc1[N+](=O)[O-]. The van der Waals surface area contributed by atoms with Gasteiger partial charge in [-0.25, -0.2) is 0 Å². The van der Waals surface area contributed by atoms with Crippen molar-refractivity contribution in [2.75, 3.05) is 6.54 Å². The van der Waals surface area contributed by atoms with Gasteiger partial charge in [0.2, 0.25) is 0 Å². The predicted molar refractivity (Wildman–Crippen MR) is 70.9 cm³/mol. The lowest BCUT2D eigenvalue weighted by Gasteiger charge is -2.26. The van der Waals surface area contributed by atoms with Crippen molar-refractivity contribution in [2.45, 2.75) is 32.9 Å². The van der Waals surface area contributed by atoms with Gasteiger partial charge in [-0.05, 0) is 13.3 Å². The first-order valence-electron chi connectivity index (χ1n) is 6.13. The number of nitro benzene ring substituents is 1. The highest BCUT2D eigenvalue weighted by Gasteiger charge is 2.20. The molecule has 1 N–H and O–H groups in total. The molecule has 0 spiro atoms. The number of rotatable bonds is 7. The van der Waals surface area contributed by atoms with Gasteiger partial charge in [0.05, 0.1) is 11.5 Å². The third kappa shape index (κ3) is 4.33. The molecule has 19 heavy (non-hydrogen) atoms. The zero-order valence-corrected chi connectivity index (χ0v) is 11.1. The second-order valence-electron chi connectivity index (χ2n) is 4.44. The van der Waals surface area contributed by atoms with Gasteiger partial charge in [-0.3, -0.25) is 19.8 Å². The van der Waals surface area contributed by atoms with Crippen LogP contribution in [-0.2, 0) is 11.3 Å². The quantitative estimate of drug-likeness (QED) is 0.604. The van der Waals surface area contributed by atoms with E-state index in [1.807, 2.05) is 13.8 Å². The van der Waals surface area contributed by atoms with Crippen molar-refractivity contribution >= 4 is 11.7 Å². The van der Waals surface area contributed by atoms with Crippen molar-refractivity contribution in [3.8, 4) is 0 Å². The van der Waals surface area contributed by atoms with E-state index >= 15 is 0 Å². The van der Waals surface area contributed by atoms with E-state index in [4.69, 9.17) is 5.11 Å². The second kappa shape index (κ2) is 6.84. The van der Waals surface area contributed by atoms with Crippen LogP contribution in [0.4, 0.5) is 5.69 Å². The molecule has 0 aliphatic carbocycles. The van der Waals surface area contributed by atoms with Crippen LogP contribution in [0, 0.1) is 10.1 Å². The predicted octanol–water partition coefficient (Wildman–Crippen LogP) is 2.28. The third-order valence-corrected chi connectivity index (χ3v) is 3.11. The van der Waals surface area contributed by atoms with Crippen molar-refractivity contribution < 1.29 is 14.8 Å². The van der Waals surface area contributed by atoms with E-state index in [-0.39, 0.29) is 24.8 Å². The molecule has 0 bridgehead atoms. The van der Waals surface area contributed by atoms with E-state index in [0.29, 0.717) is 5.56 Å². The molecule has 6 nitrogen and oxygen atoms in total. The van der Waals surface area contributed by atoms with E-state index in [9.17, 15) is 14.9 Å². The van der Waals surface area contributed by atoms with E-state index in [1.165, 1.54) is 6.07 Å². The number of para-hydroxylation sites is 1. The lowest BCUT2D eigenvalue weighted by atomic mass is 10.1. The van der Waals surface area contributed by atoms with Crippen molar-refractivity contribution in [1.29, 1.82) is 0 Å². The number of hydrogen-bond acceptors (Lipinski definition) is 4. The average molecular weight is 266 g/mol. The molecule has 1 rings (SSSR count). The number of carbonyl (C=O) groups is 1. The summed E-state index contributed by atoms with van der Waals surface area (Å²) in [6, 6.07) is 6.47. The molecule has 6 heteroatoms. The van der Waals surface area contributed by atoms with Gasteiger partial charge in [-0.2, -0.15) is 0 Å². The van der Waals surface area contributed by atoms with Gasteiger partial charge in [0, 0.05) is 24.2 Å². The highest BCUT2D eigenvalue weighted by atomic mass is 16.6. The molecule has 104 valence electrons. The molecule has 0 saturated carbocycles. The van der Waals surface area contributed by atoms with Crippen LogP contribution in [0.3, 0.4) is 0 Å². The lowest BCUT2D eigenvalue weighted by molar-refractivity contribution is -0.385. The van der Waals surface area contributed by atoms with Gasteiger partial charge < -0.3 is 5.11 Å². The van der Waals surface area contributed by atoms with Crippen LogP contribution in [0.15, 0.2) is 24.3 Å². The molecule has 0 aliphatic heterocycles. The Bertz CT molecular complexity index is 462. The topological polar surface area (TPSA) is 83.7 Å². The van der Waals surface area contributed by atoms with Crippen molar-refractivity contribution in [2.24, 2.45) is 0 Å². The van der Waals surface area contributed by atoms with Gasteiger partial charge >= 0.3 is 5.97 Å². The molecule has 0 aliphatic rings. The standard InChI is InChI=1S/C13H18N2O4/c1-3-10(2)14(9-13(16)17)8-11-6-4-5-7-12(11)15(18)19/h4-7,10H,3,8-9H2,1-2H3,(H,16,17). The summed E-state index contributed by atoms with van der Waals surface area (Å²) in [6.45, 7) is 4.01. The van der Waals surface area contributed by atoms with Crippen LogP contribution in [-0.4, -0.2) is 33.5 Å². The number of nitrogens with zero attached hydrogens (tertiary/aromatic N) is 2. The Labute approximate surface area is 111 Å². The number of aliphatic carboxylic acids is 1. The molecule has 0 saturated heterocycles. The fraction of sp³-hybridized carbons (Fsp3) is 0.462. The molecule has 0 heterocycles. The number of benzene rings is 1. The molecule has 1 unspecified atom stereocenters. The Hall–Kier alpha value is -1.95. The summed E-state index contributed by atoms with van der Waals surface area (Å²) in [5.41, 5.74) is 0.565. The Kier molecular flexibility index (Phi) is 5.44. The number of hydrogen-bond donors (Lipinski definition) is 1. The minimum atomic E-state index is -0.932. The van der Waals surface area contributed by atoms with Crippen LogP contribution in [0.5, 0.6) is 0 Å². The summed E-state index contributed by atoms with van der Waals surface area (Å²) in [5.74, 6) is -0.932. The molecule has 0 amide bonds. The molecule has 0 fully saturated rings. The highest BCUT2D eigenvalue weighted by molar-refractivity contribution is 5.69. The minimum absolute atomic E-state index is 0.0289. The summed E-state index contributed by atoms with van der Waals surface area (Å²) in [6.07, 6.45) is 0.786. The normalized spacial score (nSPS) is 12.4. The van der Waals surface area contributed by atoms with Crippen molar-refractivity contribution in [3.63, 3.8) is 0 Å². The Balaban J connectivity index is 2.95. The van der Waals surface area contributed by atoms with Gasteiger partial charge in [0.1, 0.15) is 0 Å². The maximum atomic E-state index is 10.9. The van der Waals surface area contributed by atoms with Crippen molar-refractivity contribution in [3.05, 3.63) is 39.9 Å². The molecular weight excluding hydrogens is 248 g/mol.